The Labute approximate surface area is 98.1 Å². The molecule has 0 bridgehead atoms. The van der Waals surface area contributed by atoms with Crippen LogP contribution in [0.3, 0.4) is 0 Å². The summed E-state index contributed by atoms with van der Waals surface area (Å²) in [6, 6.07) is 1.74. The van der Waals surface area contributed by atoms with Crippen LogP contribution in [0.2, 0.25) is 0 Å². The van der Waals surface area contributed by atoms with E-state index in [1.54, 1.807) is 0 Å². The molecule has 2 aromatic rings. The second kappa shape index (κ2) is 3.69. The summed E-state index contributed by atoms with van der Waals surface area (Å²) < 4.78 is 39.2. The fourth-order valence-corrected chi connectivity index (χ4v) is 1.61. The van der Waals surface area contributed by atoms with Gasteiger partial charge in [-0.15, -0.1) is 0 Å². The summed E-state index contributed by atoms with van der Waals surface area (Å²) in [7, 11) is 2.51. The fourth-order valence-electron chi connectivity index (χ4n) is 1.61. The van der Waals surface area contributed by atoms with Crippen molar-refractivity contribution in [2.75, 3.05) is 0 Å². The molecule has 0 saturated heterocycles. The van der Waals surface area contributed by atoms with E-state index >= 15 is 0 Å². The molecule has 0 radical (unpaired) electrons. The molecule has 0 atom stereocenters. The maximum atomic E-state index is 12.5. The number of hydrogen-bond acceptors (Lipinski definition) is 3. The molecule has 0 aromatic carbocycles. The summed E-state index contributed by atoms with van der Waals surface area (Å²) in [5.74, 6) is 0. The molecular formula is C10H8F3N3O2. The molecule has 0 N–H and O–H groups in total. The molecule has 18 heavy (non-hydrogen) atoms. The number of halogens is 3. The lowest BCUT2D eigenvalue weighted by atomic mass is 10.2. The van der Waals surface area contributed by atoms with Gasteiger partial charge in [0.05, 0.1) is 5.39 Å². The van der Waals surface area contributed by atoms with E-state index in [0.717, 1.165) is 15.2 Å². The van der Waals surface area contributed by atoms with Crippen molar-refractivity contribution < 1.29 is 13.2 Å². The highest BCUT2D eigenvalue weighted by Gasteiger charge is 2.33. The largest absolute Gasteiger partial charge is 0.433 e. The maximum Gasteiger partial charge on any atom is 0.433 e. The third-order valence-corrected chi connectivity index (χ3v) is 2.59. The van der Waals surface area contributed by atoms with E-state index in [-0.39, 0.29) is 11.0 Å². The number of alkyl halides is 3. The van der Waals surface area contributed by atoms with E-state index < -0.39 is 23.1 Å². The van der Waals surface area contributed by atoms with Gasteiger partial charge in [0.25, 0.3) is 5.56 Å². The van der Waals surface area contributed by atoms with Crippen LogP contribution in [0, 0.1) is 0 Å². The van der Waals surface area contributed by atoms with Crippen LogP contribution in [0.15, 0.2) is 21.7 Å². The monoisotopic (exact) mass is 259 g/mol. The van der Waals surface area contributed by atoms with E-state index in [1.165, 1.54) is 14.1 Å². The third kappa shape index (κ3) is 1.69. The molecule has 0 saturated carbocycles. The molecule has 2 heterocycles. The van der Waals surface area contributed by atoms with Gasteiger partial charge in [0.15, 0.2) is 0 Å². The van der Waals surface area contributed by atoms with Crippen LogP contribution >= 0.6 is 0 Å². The van der Waals surface area contributed by atoms with E-state index in [2.05, 4.69) is 4.98 Å². The van der Waals surface area contributed by atoms with Gasteiger partial charge in [-0.3, -0.25) is 13.9 Å². The van der Waals surface area contributed by atoms with Crippen molar-refractivity contribution >= 4 is 11.0 Å². The third-order valence-electron chi connectivity index (χ3n) is 2.59. The van der Waals surface area contributed by atoms with Crippen molar-refractivity contribution in [3.8, 4) is 0 Å². The average molecular weight is 259 g/mol. The lowest BCUT2D eigenvalue weighted by Gasteiger charge is -2.09. The van der Waals surface area contributed by atoms with Crippen molar-refractivity contribution in [1.82, 2.24) is 14.1 Å². The Kier molecular flexibility index (Phi) is 2.53. The molecular weight excluding hydrogens is 251 g/mol. The van der Waals surface area contributed by atoms with Crippen LogP contribution in [0.25, 0.3) is 11.0 Å². The highest BCUT2D eigenvalue weighted by molar-refractivity contribution is 5.73. The molecule has 0 aliphatic rings. The Balaban J connectivity index is 2.96. The first-order valence-corrected chi connectivity index (χ1v) is 4.87. The molecule has 0 aliphatic carbocycles. The van der Waals surface area contributed by atoms with E-state index in [9.17, 15) is 22.8 Å². The van der Waals surface area contributed by atoms with Crippen molar-refractivity contribution in [1.29, 1.82) is 0 Å². The summed E-state index contributed by atoms with van der Waals surface area (Å²) in [6.45, 7) is 0. The number of hydrogen-bond donors (Lipinski definition) is 0. The Bertz CT molecular complexity index is 743. The van der Waals surface area contributed by atoms with Crippen LogP contribution in [-0.4, -0.2) is 14.1 Å². The second-order valence-corrected chi connectivity index (χ2v) is 3.77. The van der Waals surface area contributed by atoms with Crippen LogP contribution in [0.1, 0.15) is 5.69 Å². The normalized spacial score (nSPS) is 12.1. The first-order valence-electron chi connectivity index (χ1n) is 4.87. The number of aryl methyl sites for hydroxylation is 1. The van der Waals surface area contributed by atoms with Crippen molar-refractivity contribution in [3.05, 3.63) is 38.7 Å². The topological polar surface area (TPSA) is 56.9 Å². The molecule has 0 spiro atoms. The summed E-state index contributed by atoms with van der Waals surface area (Å²) in [5.41, 5.74) is -2.81. The predicted molar refractivity (Wildman–Crippen MR) is 57.2 cm³/mol. The minimum absolute atomic E-state index is 0.0346. The second-order valence-electron chi connectivity index (χ2n) is 3.77. The zero-order valence-electron chi connectivity index (χ0n) is 9.45. The molecule has 0 fully saturated rings. The zero-order chi connectivity index (χ0) is 13.7. The van der Waals surface area contributed by atoms with Gasteiger partial charge in [0.1, 0.15) is 11.3 Å². The van der Waals surface area contributed by atoms with Gasteiger partial charge in [-0.2, -0.15) is 13.2 Å². The highest BCUT2D eigenvalue weighted by Crippen LogP contribution is 2.28. The van der Waals surface area contributed by atoms with Crippen LogP contribution in [0.5, 0.6) is 0 Å². The number of pyridine rings is 1. The lowest BCUT2D eigenvalue weighted by Crippen LogP contribution is -2.37. The van der Waals surface area contributed by atoms with Crippen molar-refractivity contribution in [2.24, 2.45) is 14.1 Å². The number of rotatable bonds is 0. The van der Waals surface area contributed by atoms with Gasteiger partial charge in [-0.1, -0.05) is 0 Å². The van der Waals surface area contributed by atoms with Gasteiger partial charge in [-0.05, 0) is 12.1 Å². The van der Waals surface area contributed by atoms with Crippen molar-refractivity contribution in [3.63, 3.8) is 0 Å². The van der Waals surface area contributed by atoms with Gasteiger partial charge in [-0.25, -0.2) is 9.78 Å². The number of aromatic nitrogens is 3. The van der Waals surface area contributed by atoms with Gasteiger partial charge in [0.2, 0.25) is 0 Å². The van der Waals surface area contributed by atoms with E-state index in [1.807, 2.05) is 0 Å². The maximum absolute atomic E-state index is 12.5. The van der Waals surface area contributed by atoms with Gasteiger partial charge >= 0.3 is 11.9 Å². The Morgan fingerprint density at radius 3 is 2.28 bits per heavy atom. The molecule has 2 aromatic heterocycles. The molecule has 2 rings (SSSR count). The van der Waals surface area contributed by atoms with E-state index in [0.29, 0.717) is 6.07 Å². The Morgan fingerprint density at radius 1 is 1.11 bits per heavy atom. The molecule has 0 amide bonds. The predicted octanol–water partition coefficient (Wildman–Crippen LogP) is 0.651. The average Bonchev–Trinajstić information content (AvgIpc) is 2.32. The number of nitrogens with zero attached hydrogens (tertiary/aromatic N) is 3. The number of fused-ring (bicyclic) bond motifs is 1. The summed E-state index contributed by atoms with van der Waals surface area (Å²) in [4.78, 5) is 26.6. The quantitative estimate of drug-likeness (QED) is 0.698. The first kappa shape index (κ1) is 12.3. The van der Waals surface area contributed by atoms with Crippen LogP contribution in [0.4, 0.5) is 13.2 Å². The Morgan fingerprint density at radius 2 is 1.72 bits per heavy atom. The SMILES string of the molecule is Cn1c(=O)c2ccc(C(F)(F)F)nc2n(C)c1=O. The molecule has 0 aliphatic heterocycles. The summed E-state index contributed by atoms with van der Waals surface area (Å²) in [5, 5.41) is -0.0346. The van der Waals surface area contributed by atoms with E-state index in [4.69, 9.17) is 0 Å². The minimum Gasteiger partial charge on any atom is -0.280 e. The lowest BCUT2D eigenvalue weighted by molar-refractivity contribution is -0.141. The van der Waals surface area contributed by atoms with Crippen LogP contribution in [-0.2, 0) is 20.3 Å². The molecule has 96 valence electrons. The standard InChI is InChI=1S/C10H8F3N3O2/c1-15-7-5(8(17)16(2)9(15)18)3-4-6(14-7)10(11,12)13/h3-4H,1-2H3. The zero-order valence-corrected chi connectivity index (χ0v) is 9.45. The smallest absolute Gasteiger partial charge is 0.280 e. The first-order chi connectivity index (χ1) is 8.23. The molecule has 0 unspecified atom stereocenters. The van der Waals surface area contributed by atoms with Gasteiger partial charge < -0.3 is 0 Å². The van der Waals surface area contributed by atoms with Gasteiger partial charge in [0, 0.05) is 14.1 Å². The Hall–Kier alpha value is -2.12. The summed E-state index contributed by atoms with van der Waals surface area (Å²) in [6.07, 6.45) is -4.62. The van der Waals surface area contributed by atoms with Crippen molar-refractivity contribution in [2.45, 2.75) is 6.18 Å². The minimum atomic E-state index is -4.62. The molecule has 5 nitrogen and oxygen atoms in total. The fraction of sp³-hybridized carbons (Fsp3) is 0.300. The highest BCUT2D eigenvalue weighted by atomic mass is 19.4. The summed E-state index contributed by atoms with van der Waals surface area (Å²) >= 11 is 0. The molecule has 8 heteroatoms. The van der Waals surface area contributed by atoms with Crippen LogP contribution < -0.4 is 11.2 Å².